The molecular formula is C16H21ClN4O. The molecule has 1 aliphatic rings. The van der Waals surface area contributed by atoms with Gasteiger partial charge in [-0.15, -0.1) is 12.4 Å². The Morgan fingerprint density at radius 2 is 2.00 bits per heavy atom. The predicted octanol–water partition coefficient (Wildman–Crippen LogP) is 2.29. The topological polar surface area (TPSA) is 59.0 Å². The van der Waals surface area contributed by atoms with Gasteiger partial charge < -0.3 is 9.88 Å². The summed E-state index contributed by atoms with van der Waals surface area (Å²) in [4.78, 5) is 16.5. The lowest BCUT2D eigenvalue weighted by Crippen LogP contribution is -2.35. The first-order chi connectivity index (χ1) is 10.3. The van der Waals surface area contributed by atoms with Gasteiger partial charge in [-0.05, 0) is 31.5 Å². The molecule has 2 N–H and O–H groups in total. The number of aromatic nitrogens is 2. The van der Waals surface area contributed by atoms with Gasteiger partial charge in [0.25, 0.3) is 0 Å². The van der Waals surface area contributed by atoms with Crippen LogP contribution in [0.3, 0.4) is 0 Å². The van der Waals surface area contributed by atoms with Crippen molar-refractivity contribution < 1.29 is 4.79 Å². The first-order valence-corrected chi connectivity index (χ1v) is 7.39. The van der Waals surface area contributed by atoms with Crippen molar-refractivity contribution in [2.24, 2.45) is 5.92 Å². The third kappa shape index (κ3) is 4.08. The minimum Gasteiger partial charge on any atom is -0.317 e. The van der Waals surface area contributed by atoms with Crippen molar-refractivity contribution in [1.82, 2.24) is 14.9 Å². The summed E-state index contributed by atoms with van der Waals surface area (Å²) in [5, 5.41) is 6.24. The highest BCUT2D eigenvalue weighted by atomic mass is 35.5. The molecule has 1 amide bonds. The summed E-state index contributed by atoms with van der Waals surface area (Å²) in [6, 6.07) is 10.2. The molecule has 2 aromatic rings. The van der Waals surface area contributed by atoms with Crippen LogP contribution in [-0.4, -0.2) is 28.5 Å². The van der Waals surface area contributed by atoms with Gasteiger partial charge in [-0.1, -0.05) is 30.3 Å². The van der Waals surface area contributed by atoms with Gasteiger partial charge in [-0.2, -0.15) is 0 Å². The van der Waals surface area contributed by atoms with Crippen LogP contribution in [0.2, 0.25) is 0 Å². The summed E-state index contributed by atoms with van der Waals surface area (Å²) in [5.41, 5.74) is 1.19. The zero-order valence-corrected chi connectivity index (χ0v) is 13.2. The summed E-state index contributed by atoms with van der Waals surface area (Å²) in [6.45, 7) is 2.54. The Bertz CT molecular complexity index is 593. The maximum atomic E-state index is 12.3. The van der Waals surface area contributed by atoms with Gasteiger partial charge in [-0.25, -0.2) is 4.98 Å². The number of imidazole rings is 1. The van der Waals surface area contributed by atoms with Gasteiger partial charge in [0.05, 0.1) is 6.54 Å². The molecule has 0 atom stereocenters. The fraction of sp³-hybridized carbons (Fsp3) is 0.375. The van der Waals surface area contributed by atoms with Crippen LogP contribution < -0.4 is 10.6 Å². The van der Waals surface area contributed by atoms with Gasteiger partial charge in [0.2, 0.25) is 11.9 Å². The van der Waals surface area contributed by atoms with Crippen molar-refractivity contribution >= 4 is 24.3 Å². The van der Waals surface area contributed by atoms with E-state index in [0.717, 1.165) is 25.9 Å². The molecule has 0 aliphatic carbocycles. The molecule has 0 unspecified atom stereocenters. The zero-order valence-electron chi connectivity index (χ0n) is 12.4. The molecule has 1 aliphatic heterocycles. The first kappa shape index (κ1) is 16.5. The highest BCUT2D eigenvalue weighted by Gasteiger charge is 2.22. The monoisotopic (exact) mass is 320 g/mol. The van der Waals surface area contributed by atoms with Gasteiger partial charge in [0.15, 0.2) is 0 Å². The van der Waals surface area contributed by atoms with Crippen molar-refractivity contribution in [3.8, 4) is 0 Å². The number of rotatable bonds is 4. The largest absolute Gasteiger partial charge is 0.317 e. The second-order valence-corrected chi connectivity index (χ2v) is 5.38. The molecule has 1 aromatic heterocycles. The lowest BCUT2D eigenvalue weighted by atomic mass is 9.97. The number of piperidine rings is 1. The molecule has 0 radical (unpaired) electrons. The van der Waals surface area contributed by atoms with Crippen LogP contribution in [0.5, 0.6) is 0 Å². The van der Waals surface area contributed by atoms with Gasteiger partial charge >= 0.3 is 0 Å². The second kappa shape index (κ2) is 7.96. The van der Waals surface area contributed by atoms with Gasteiger partial charge in [0, 0.05) is 18.3 Å². The molecule has 1 saturated heterocycles. The van der Waals surface area contributed by atoms with Crippen LogP contribution in [0.4, 0.5) is 5.95 Å². The van der Waals surface area contributed by atoms with Crippen LogP contribution in [0.1, 0.15) is 18.4 Å². The molecular weight excluding hydrogens is 300 g/mol. The standard InChI is InChI=1S/C16H20N4O.ClH/c21-15(14-6-8-17-9-7-14)19-16-18-10-11-20(16)12-13-4-2-1-3-5-13;/h1-5,10-11,14,17H,6-9,12H2,(H,18,19,21);1H. The summed E-state index contributed by atoms with van der Waals surface area (Å²) in [6.07, 6.45) is 5.41. The van der Waals surface area contributed by atoms with Gasteiger partial charge in [-0.3, -0.25) is 10.1 Å². The number of benzene rings is 1. The molecule has 0 bridgehead atoms. The van der Waals surface area contributed by atoms with E-state index in [0.29, 0.717) is 12.5 Å². The average molecular weight is 321 g/mol. The zero-order chi connectivity index (χ0) is 14.5. The van der Waals surface area contributed by atoms with Crippen molar-refractivity contribution in [3.05, 3.63) is 48.3 Å². The number of amides is 1. The quantitative estimate of drug-likeness (QED) is 0.908. The maximum Gasteiger partial charge on any atom is 0.229 e. The average Bonchev–Trinajstić information content (AvgIpc) is 2.96. The summed E-state index contributed by atoms with van der Waals surface area (Å²) in [5.74, 6) is 0.799. The third-order valence-electron chi connectivity index (χ3n) is 3.86. The molecule has 118 valence electrons. The Kier molecular flexibility index (Phi) is 5.98. The van der Waals surface area contributed by atoms with E-state index in [1.54, 1.807) is 6.20 Å². The van der Waals surface area contributed by atoms with E-state index >= 15 is 0 Å². The third-order valence-corrected chi connectivity index (χ3v) is 3.86. The number of carbonyl (C=O) groups is 1. The lowest BCUT2D eigenvalue weighted by molar-refractivity contribution is -0.120. The number of nitrogens with one attached hydrogen (secondary N) is 2. The summed E-state index contributed by atoms with van der Waals surface area (Å²) in [7, 11) is 0. The normalized spacial score (nSPS) is 15.1. The number of carbonyl (C=O) groups excluding carboxylic acids is 1. The Balaban J connectivity index is 0.00000176. The van der Waals surface area contributed by atoms with E-state index in [-0.39, 0.29) is 24.2 Å². The Morgan fingerprint density at radius 3 is 2.73 bits per heavy atom. The fourth-order valence-electron chi connectivity index (χ4n) is 2.64. The van der Waals surface area contributed by atoms with E-state index in [2.05, 4.69) is 27.8 Å². The van der Waals surface area contributed by atoms with Crippen molar-refractivity contribution in [2.75, 3.05) is 18.4 Å². The molecule has 22 heavy (non-hydrogen) atoms. The Labute approximate surface area is 136 Å². The van der Waals surface area contributed by atoms with Crippen LogP contribution in [0.15, 0.2) is 42.7 Å². The van der Waals surface area contributed by atoms with Crippen LogP contribution in [-0.2, 0) is 11.3 Å². The van der Waals surface area contributed by atoms with Gasteiger partial charge in [0.1, 0.15) is 0 Å². The maximum absolute atomic E-state index is 12.3. The summed E-state index contributed by atoms with van der Waals surface area (Å²) >= 11 is 0. The molecule has 6 heteroatoms. The molecule has 1 aromatic carbocycles. The van der Waals surface area contributed by atoms with E-state index in [1.807, 2.05) is 29.0 Å². The van der Waals surface area contributed by atoms with E-state index in [4.69, 9.17) is 0 Å². The molecule has 0 saturated carbocycles. The first-order valence-electron chi connectivity index (χ1n) is 7.39. The molecule has 5 nitrogen and oxygen atoms in total. The van der Waals surface area contributed by atoms with Crippen molar-refractivity contribution in [3.63, 3.8) is 0 Å². The van der Waals surface area contributed by atoms with E-state index < -0.39 is 0 Å². The highest BCUT2D eigenvalue weighted by Crippen LogP contribution is 2.15. The lowest BCUT2D eigenvalue weighted by Gasteiger charge is -2.21. The summed E-state index contributed by atoms with van der Waals surface area (Å²) < 4.78 is 1.97. The molecule has 1 fully saturated rings. The number of halogens is 1. The minimum absolute atomic E-state index is 0. The van der Waals surface area contributed by atoms with E-state index in [9.17, 15) is 4.79 Å². The number of hydrogen-bond donors (Lipinski definition) is 2. The molecule has 3 rings (SSSR count). The van der Waals surface area contributed by atoms with Crippen molar-refractivity contribution in [1.29, 1.82) is 0 Å². The second-order valence-electron chi connectivity index (χ2n) is 5.38. The molecule has 2 heterocycles. The van der Waals surface area contributed by atoms with Crippen LogP contribution in [0, 0.1) is 5.92 Å². The number of hydrogen-bond acceptors (Lipinski definition) is 3. The van der Waals surface area contributed by atoms with Crippen molar-refractivity contribution in [2.45, 2.75) is 19.4 Å². The minimum atomic E-state index is 0. The Morgan fingerprint density at radius 1 is 1.27 bits per heavy atom. The van der Waals surface area contributed by atoms with Crippen LogP contribution in [0.25, 0.3) is 0 Å². The smallest absolute Gasteiger partial charge is 0.229 e. The SMILES string of the molecule is Cl.O=C(Nc1nccn1Cc1ccccc1)C1CCNCC1. The Hall–Kier alpha value is -1.85. The highest BCUT2D eigenvalue weighted by molar-refractivity contribution is 5.91. The van der Waals surface area contributed by atoms with E-state index in [1.165, 1.54) is 5.56 Å². The number of nitrogens with zero attached hydrogens (tertiary/aromatic N) is 2. The number of anilines is 1. The molecule has 0 spiro atoms. The van der Waals surface area contributed by atoms with Crippen LogP contribution >= 0.6 is 12.4 Å². The predicted molar refractivity (Wildman–Crippen MR) is 89.2 cm³/mol. The fourth-order valence-corrected chi connectivity index (χ4v) is 2.64.